The molecule has 0 atom stereocenters. The average Bonchev–Trinajstić information content (AvgIpc) is 2.33. The van der Waals surface area contributed by atoms with Crippen molar-refractivity contribution in [3.63, 3.8) is 0 Å². The van der Waals surface area contributed by atoms with Gasteiger partial charge in [0.15, 0.2) is 17.5 Å². The highest BCUT2D eigenvalue weighted by Crippen LogP contribution is 2.25. The van der Waals surface area contributed by atoms with Crippen molar-refractivity contribution in [2.75, 3.05) is 12.4 Å². The van der Waals surface area contributed by atoms with Crippen LogP contribution in [0.5, 0.6) is 11.6 Å². The zero-order valence-corrected chi connectivity index (χ0v) is 9.38. The summed E-state index contributed by atoms with van der Waals surface area (Å²) in [6.45, 7) is 0. The Morgan fingerprint density at radius 1 is 1.11 bits per heavy atom. The molecule has 0 aliphatic carbocycles. The molecule has 0 unspecified atom stereocenters. The van der Waals surface area contributed by atoms with Crippen LogP contribution in [0.4, 0.5) is 19.0 Å². The van der Waals surface area contributed by atoms with Gasteiger partial charge in [0.1, 0.15) is 11.6 Å². The molecule has 3 nitrogen and oxygen atoms in total. The van der Waals surface area contributed by atoms with Crippen LogP contribution in [0, 0.1) is 17.5 Å². The molecule has 0 spiro atoms. The first-order valence-corrected chi connectivity index (χ1v) is 5.07. The Morgan fingerprint density at radius 2 is 1.89 bits per heavy atom. The highest BCUT2D eigenvalue weighted by molar-refractivity contribution is 5.40. The van der Waals surface area contributed by atoms with E-state index in [9.17, 15) is 13.2 Å². The second-order valence-corrected chi connectivity index (χ2v) is 3.42. The lowest BCUT2D eigenvalue weighted by molar-refractivity contribution is 0.415. The van der Waals surface area contributed by atoms with Crippen LogP contribution in [0.2, 0.25) is 0 Å². The molecule has 0 saturated carbocycles. The highest BCUT2D eigenvalue weighted by atomic mass is 19.1. The quantitative estimate of drug-likeness (QED) is 0.912. The van der Waals surface area contributed by atoms with E-state index in [4.69, 9.17) is 4.74 Å². The summed E-state index contributed by atoms with van der Waals surface area (Å²) in [5, 5.41) is 2.45. The second kappa shape index (κ2) is 4.95. The van der Waals surface area contributed by atoms with Crippen molar-refractivity contribution in [1.29, 1.82) is 0 Å². The molecule has 1 N–H and O–H groups in total. The molecule has 18 heavy (non-hydrogen) atoms. The molecule has 1 heterocycles. The first-order chi connectivity index (χ1) is 8.60. The van der Waals surface area contributed by atoms with Crippen LogP contribution < -0.4 is 10.1 Å². The van der Waals surface area contributed by atoms with Crippen LogP contribution >= 0.6 is 0 Å². The molecule has 2 aromatic rings. The van der Waals surface area contributed by atoms with Gasteiger partial charge < -0.3 is 10.1 Å². The van der Waals surface area contributed by atoms with Gasteiger partial charge in [0.2, 0.25) is 0 Å². The molecule has 6 heteroatoms. The van der Waals surface area contributed by atoms with E-state index in [1.54, 1.807) is 0 Å². The van der Waals surface area contributed by atoms with Crippen LogP contribution in [0.1, 0.15) is 0 Å². The molecule has 94 valence electrons. The van der Waals surface area contributed by atoms with E-state index in [1.807, 2.05) is 0 Å². The molecular formula is C12H9F3N2O. The van der Waals surface area contributed by atoms with Crippen molar-refractivity contribution in [2.45, 2.75) is 0 Å². The summed E-state index contributed by atoms with van der Waals surface area (Å²) in [6, 6.07) is 5.79. The summed E-state index contributed by atoms with van der Waals surface area (Å²) >= 11 is 0. The number of anilines is 1. The van der Waals surface area contributed by atoms with E-state index < -0.39 is 23.3 Å². The van der Waals surface area contributed by atoms with E-state index >= 15 is 0 Å². The van der Waals surface area contributed by atoms with E-state index in [2.05, 4.69) is 10.3 Å². The predicted molar refractivity (Wildman–Crippen MR) is 60.2 cm³/mol. The lowest BCUT2D eigenvalue weighted by atomic mass is 10.3. The van der Waals surface area contributed by atoms with Gasteiger partial charge in [-0.1, -0.05) is 6.07 Å². The number of benzene rings is 1. The summed E-state index contributed by atoms with van der Waals surface area (Å²) in [4.78, 5) is 3.61. The predicted octanol–water partition coefficient (Wildman–Crippen LogP) is 3.33. The fraction of sp³-hybridized carbons (Fsp3) is 0.0833. The van der Waals surface area contributed by atoms with Gasteiger partial charge in [0.25, 0.3) is 5.88 Å². The molecule has 0 fully saturated rings. The molecular weight excluding hydrogens is 245 g/mol. The van der Waals surface area contributed by atoms with Crippen molar-refractivity contribution in [1.82, 2.24) is 4.98 Å². The van der Waals surface area contributed by atoms with E-state index in [-0.39, 0.29) is 11.6 Å². The van der Waals surface area contributed by atoms with Gasteiger partial charge in [-0.25, -0.2) is 13.2 Å². The molecule has 0 aliphatic rings. The van der Waals surface area contributed by atoms with E-state index in [0.29, 0.717) is 6.07 Å². The monoisotopic (exact) mass is 254 g/mol. The Kier molecular flexibility index (Phi) is 3.36. The summed E-state index contributed by atoms with van der Waals surface area (Å²) < 4.78 is 44.5. The van der Waals surface area contributed by atoms with Crippen molar-refractivity contribution in [2.24, 2.45) is 0 Å². The Morgan fingerprint density at radius 3 is 2.56 bits per heavy atom. The first-order valence-electron chi connectivity index (χ1n) is 5.07. The number of halogens is 3. The van der Waals surface area contributed by atoms with Crippen molar-refractivity contribution in [3.8, 4) is 11.6 Å². The number of nitrogens with one attached hydrogen (secondary N) is 1. The highest BCUT2D eigenvalue weighted by Gasteiger charge is 2.13. The average molecular weight is 254 g/mol. The molecule has 0 bridgehead atoms. The minimum absolute atomic E-state index is 0.0788. The fourth-order valence-electron chi connectivity index (χ4n) is 1.34. The van der Waals surface area contributed by atoms with Gasteiger partial charge in [-0.3, -0.25) is 0 Å². The van der Waals surface area contributed by atoms with Gasteiger partial charge in [-0.05, 0) is 12.1 Å². The molecule has 0 aliphatic heterocycles. The number of hydrogen-bond acceptors (Lipinski definition) is 3. The third kappa shape index (κ3) is 2.53. The van der Waals surface area contributed by atoms with Gasteiger partial charge in [0, 0.05) is 19.2 Å². The Labute approximate surface area is 101 Å². The van der Waals surface area contributed by atoms with Crippen molar-refractivity contribution >= 4 is 5.82 Å². The Balaban J connectivity index is 2.34. The third-order valence-electron chi connectivity index (χ3n) is 2.14. The number of nitrogens with zero attached hydrogens (tertiary/aromatic N) is 1. The van der Waals surface area contributed by atoms with Gasteiger partial charge in [-0.15, -0.1) is 0 Å². The van der Waals surface area contributed by atoms with Crippen LogP contribution in [0.3, 0.4) is 0 Å². The normalized spacial score (nSPS) is 10.2. The van der Waals surface area contributed by atoms with Gasteiger partial charge >= 0.3 is 0 Å². The molecule has 0 saturated heterocycles. The number of ether oxygens (including phenoxy) is 1. The summed E-state index contributed by atoms with van der Waals surface area (Å²) in [5.74, 6) is -2.81. The summed E-state index contributed by atoms with van der Waals surface area (Å²) in [7, 11) is 1.44. The van der Waals surface area contributed by atoms with Crippen LogP contribution in [-0.4, -0.2) is 12.0 Å². The van der Waals surface area contributed by atoms with Gasteiger partial charge in [-0.2, -0.15) is 4.98 Å². The number of hydrogen-bond donors (Lipinski definition) is 1. The smallest absolute Gasteiger partial charge is 0.258 e. The van der Waals surface area contributed by atoms with Crippen molar-refractivity contribution in [3.05, 3.63) is 47.8 Å². The maximum atomic E-state index is 13.4. The molecule has 0 amide bonds. The number of pyridine rings is 1. The lowest BCUT2D eigenvalue weighted by Gasteiger charge is -2.08. The van der Waals surface area contributed by atoms with E-state index in [1.165, 1.54) is 25.2 Å². The standard InChI is InChI=1S/C12H9F3N2O/c1-16-11-9(14)6-10(15)12(17-11)18-8-4-2-3-7(13)5-8/h2-6H,1H3,(H,16,17). The summed E-state index contributed by atoms with van der Waals surface area (Å²) in [5.41, 5.74) is 0. The zero-order chi connectivity index (χ0) is 13.1. The number of aromatic nitrogens is 1. The molecule has 2 rings (SSSR count). The van der Waals surface area contributed by atoms with Crippen LogP contribution in [-0.2, 0) is 0 Å². The Hall–Kier alpha value is -2.24. The van der Waals surface area contributed by atoms with Gasteiger partial charge in [0.05, 0.1) is 0 Å². The molecule has 1 aromatic carbocycles. The van der Waals surface area contributed by atoms with Crippen LogP contribution in [0.25, 0.3) is 0 Å². The third-order valence-corrected chi connectivity index (χ3v) is 2.14. The topological polar surface area (TPSA) is 34.2 Å². The van der Waals surface area contributed by atoms with E-state index in [0.717, 1.165) is 6.07 Å². The minimum atomic E-state index is -0.962. The maximum absolute atomic E-state index is 13.4. The molecule has 1 aromatic heterocycles. The number of rotatable bonds is 3. The van der Waals surface area contributed by atoms with Crippen LogP contribution in [0.15, 0.2) is 30.3 Å². The molecule has 0 radical (unpaired) electrons. The summed E-state index contributed by atoms with van der Waals surface area (Å²) in [6.07, 6.45) is 0. The SMILES string of the molecule is CNc1nc(Oc2cccc(F)c2)c(F)cc1F. The Bertz CT molecular complexity index is 575. The van der Waals surface area contributed by atoms with Crippen molar-refractivity contribution < 1.29 is 17.9 Å². The fourth-order valence-corrected chi connectivity index (χ4v) is 1.34. The zero-order valence-electron chi connectivity index (χ0n) is 9.38. The maximum Gasteiger partial charge on any atom is 0.258 e. The largest absolute Gasteiger partial charge is 0.436 e. The minimum Gasteiger partial charge on any atom is -0.436 e. The lowest BCUT2D eigenvalue weighted by Crippen LogP contribution is -2.01. The first kappa shape index (κ1) is 12.2. The second-order valence-electron chi connectivity index (χ2n) is 3.42.